The molecule has 1 aliphatic carbocycles. The molecule has 0 spiro atoms. The zero-order valence-electron chi connectivity index (χ0n) is 11.6. The summed E-state index contributed by atoms with van der Waals surface area (Å²) in [7, 11) is 2.30. The normalized spacial score (nSPS) is 21.1. The van der Waals surface area contributed by atoms with E-state index in [-0.39, 0.29) is 0 Å². The Bertz CT molecular complexity index is 425. The average Bonchev–Trinajstić information content (AvgIpc) is 2.80. The van der Waals surface area contributed by atoms with Crippen molar-refractivity contribution in [1.29, 1.82) is 0 Å². The molecule has 3 nitrogen and oxygen atoms in total. The van der Waals surface area contributed by atoms with Crippen LogP contribution in [0.3, 0.4) is 0 Å². The van der Waals surface area contributed by atoms with Crippen LogP contribution in [0.2, 0.25) is 0 Å². The van der Waals surface area contributed by atoms with E-state index in [1.807, 2.05) is 6.20 Å². The summed E-state index contributed by atoms with van der Waals surface area (Å²) in [6.45, 7) is 3.63. The van der Waals surface area contributed by atoms with Gasteiger partial charge in [-0.15, -0.1) is 0 Å². The molecule has 0 amide bonds. The zero-order chi connectivity index (χ0) is 13.2. The molecule has 0 aromatic carbocycles. The quantitative estimate of drug-likeness (QED) is 0.777. The molecule has 1 aromatic rings. The number of anilines is 1. The van der Waals surface area contributed by atoms with E-state index in [9.17, 15) is 0 Å². The molecule has 19 heavy (non-hydrogen) atoms. The number of rotatable bonds is 4. The van der Waals surface area contributed by atoms with Gasteiger partial charge in [-0.2, -0.15) is 0 Å². The Hall–Kier alpha value is -0.532. The van der Waals surface area contributed by atoms with E-state index in [4.69, 9.17) is 0 Å². The van der Waals surface area contributed by atoms with Gasteiger partial charge in [0.25, 0.3) is 0 Å². The van der Waals surface area contributed by atoms with Crippen LogP contribution in [-0.2, 0) is 0 Å². The van der Waals surface area contributed by atoms with Gasteiger partial charge in [-0.3, -0.25) is 0 Å². The molecular weight excluding hydrogens is 297 g/mol. The number of hydrogen-bond donors (Lipinski definition) is 0. The van der Waals surface area contributed by atoms with Crippen molar-refractivity contribution in [3.05, 3.63) is 18.3 Å². The predicted molar refractivity (Wildman–Crippen MR) is 80.2 cm³/mol. The van der Waals surface area contributed by atoms with Crippen LogP contribution >= 0.6 is 0 Å². The summed E-state index contributed by atoms with van der Waals surface area (Å²) in [5.41, 5.74) is 1.32. The Morgan fingerprint density at radius 3 is 2.79 bits per heavy atom. The van der Waals surface area contributed by atoms with E-state index < -0.39 is 0 Å². The topological polar surface area (TPSA) is 19.4 Å². The number of likely N-dealkylation sites (N-methyl/N-ethyl adjacent to an activating group) is 1. The first-order valence-corrected chi connectivity index (χ1v) is 8.26. The summed E-state index contributed by atoms with van der Waals surface area (Å²) >= 11 is 2.52. The first-order valence-electron chi connectivity index (χ1n) is 7.32. The fourth-order valence-corrected chi connectivity index (χ4v) is 3.72. The van der Waals surface area contributed by atoms with Crippen LogP contribution in [0.25, 0.3) is 0 Å². The minimum atomic E-state index is 0.739. The number of pyridine rings is 1. The second-order valence-corrected chi connectivity index (χ2v) is 6.98. The van der Waals surface area contributed by atoms with E-state index in [2.05, 4.69) is 50.8 Å². The van der Waals surface area contributed by atoms with Gasteiger partial charge in [0.2, 0.25) is 0 Å². The molecule has 2 radical (unpaired) electrons. The Labute approximate surface area is 124 Å². The number of hydrogen-bond acceptors (Lipinski definition) is 3. The van der Waals surface area contributed by atoms with Crippen LogP contribution in [0, 0.1) is 5.92 Å². The van der Waals surface area contributed by atoms with Gasteiger partial charge in [0, 0.05) is 0 Å². The summed E-state index contributed by atoms with van der Waals surface area (Å²) in [6.07, 6.45) is 7.69. The van der Waals surface area contributed by atoms with Gasteiger partial charge in [-0.05, 0) is 0 Å². The molecule has 1 saturated carbocycles. The molecule has 0 bridgehead atoms. The summed E-state index contributed by atoms with van der Waals surface area (Å²) < 4.78 is 1.05. The second kappa shape index (κ2) is 5.85. The van der Waals surface area contributed by atoms with Crippen molar-refractivity contribution in [2.45, 2.75) is 31.7 Å². The van der Waals surface area contributed by atoms with Crippen molar-refractivity contribution in [3.63, 3.8) is 0 Å². The van der Waals surface area contributed by atoms with Crippen LogP contribution in [-0.4, -0.2) is 59.5 Å². The summed E-state index contributed by atoms with van der Waals surface area (Å²) in [6, 6.07) is 5.01. The average molecular weight is 319 g/mol. The van der Waals surface area contributed by atoms with Gasteiger partial charge in [-0.25, -0.2) is 0 Å². The third-order valence-corrected chi connectivity index (χ3v) is 5.11. The Kier molecular flexibility index (Phi) is 4.14. The predicted octanol–water partition coefficient (Wildman–Crippen LogP) is 1.19. The third kappa shape index (κ3) is 3.14. The van der Waals surface area contributed by atoms with E-state index in [1.54, 1.807) is 0 Å². The van der Waals surface area contributed by atoms with Gasteiger partial charge in [0.05, 0.1) is 0 Å². The molecule has 3 rings (SSSR count). The molecule has 4 heteroatoms. The SMILES string of the molecule is CN(CC1CCCC1)C1CN(c2ccnc([As])c2)C1. The van der Waals surface area contributed by atoms with Crippen molar-refractivity contribution in [2.75, 3.05) is 31.6 Å². The molecule has 0 N–H and O–H groups in total. The standard InChI is InChI=1S/C15H22AsN3/c1-18(9-12-4-2-3-5-12)14-10-19(11-14)13-6-7-17-15(16)8-13/h6-8,12,14H,2-5,9-11H2,1H3. The van der Waals surface area contributed by atoms with Gasteiger partial charge < -0.3 is 0 Å². The van der Waals surface area contributed by atoms with Crippen molar-refractivity contribution < 1.29 is 0 Å². The minimum absolute atomic E-state index is 0.739. The van der Waals surface area contributed by atoms with Gasteiger partial charge in [-0.1, -0.05) is 0 Å². The molecule has 2 heterocycles. The van der Waals surface area contributed by atoms with Gasteiger partial charge in [0.1, 0.15) is 0 Å². The Balaban J connectivity index is 1.49. The van der Waals surface area contributed by atoms with Crippen molar-refractivity contribution in [3.8, 4) is 0 Å². The van der Waals surface area contributed by atoms with Crippen LogP contribution in [0.4, 0.5) is 5.69 Å². The van der Waals surface area contributed by atoms with Crippen LogP contribution < -0.4 is 9.38 Å². The molecule has 102 valence electrons. The van der Waals surface area contributed by atoms with Crippen LogP contribution in [0.1, 0.15) is 25.7 Å². The van der Waals surface area contributed by atoms with Crippen molar-refractivity contribution >= 4 is 27.0 Å². The number of nitrogens with zero attached hydrogens (tertiary/aromatic N) is 3. The second-order valence-electron chi connectivity index (χ2n) is 6.02. The maximum atomic E-state index is 4.24. The first kappa shape index (κ1) is 13.5. The number of aromatic nitrogens is 1. The van der Waals surface area contributed by atoms with Crippen LogP contribution in [0.15, 0.2) is 18.3 Å². The van der Waals surface area contributed by atoms with E-state index >= 15 is 0 Å². The third-order valence-electron chi connectivity index (χ3n) is 4.60. The first-order chi connectivity index (χ1) is 9.22. The zero-order valence-corrected chi connectivity index (χ0v) is 13.5. The molecular formula is C15H22AsN3. The molecule has 1 aromatic heterocycles. The summed E-state index contributed by atoms with van der Waals surface area (Å²) in [5.74, 6) is 0.958. The van der Waals surface area contributed by atoms with Crippen LogP contribution in [0.5, 0.6) is 0 Å². The Morgan fingerprint density at radius 2 is 2.11 bits per heavy atom. The molecule has 2 aliphatic rings. The fraction of sp³-hybridized carbons (Fsp3) is 0.667. The monoisotopic (exact) mass is 319 g/mol. The van der Waals surface area contributed by atoms with E-state index in [0.717, 1.165) is 16.4 Å². The van der Waals surface area contributed by atoms with Crippen molar-refractivity contribution in [1.82, 2.24) is 9.88 Å². The Morgan fingerprint density at radius 1 is 1.37 bits per heavy atom. The van der Waals surface area contributed by atoms with E-state index in [0.29, 0.717) is 0 Å². The molecule has 0 unspecified atom stereocenters. The summed E-state index contributed by atoms with van der Waals surface area (Å²) in [5, 5.41) is 0. The van der Waals surface area contributed by atoms with Crippen molar-refractivity contribution in [2.24, 2.45) is 5.92 Å². The van der Waals surface area contributed by atoms with Gasteiger partial charge >= 0.3 is 124 Å². The maximum absolute atomic E-state index is 4.24. The summed E-state index contributed by atoms with van der Waals surface area (Å²) in [4.78, 5) is 9.27. The molecule has 2 fully saturated rings. The molecule has 1 saturated heterocycles. The molecule has 0 atom stereocenters. The fourth-order valence-electron chi connectivity index (χ4n) is 3.30. The van der Waals surface area contributed by atoms with Gasteiger partial charge in [0.15, 0.2) is 0 Å². The van der Waals surface area contributed by atoms with E-state index in [1.165, 1.54) is 51.0 Å². The molecule has 1 aliphatic heterocycles.